The third-order valence-electron chi connectivity index (χ3n) is 3.36. The standard InChI is InChI=1S/C20H21F2NO4/c1-20(2,3)27-19(25)23-6-7-26-16-9-13(12-24)8-15(10-16)14-4-5-17(21)18(22)11-14/h4-5,8-12H,6-7H2,1-3H3,(H,23,25). The number of carbonyl (C=O) groups is 2. The third kappa shape index (κ3) is 6.36. The second kappa shape index (κ2) is 8.62. The van der Waals surface area contributed by atoms with Gasteiger partial charge in [-0.2, -0.15) is 0 Å². The summed E-state index contributed by atoms with van der Waals surface area (Å²) in [5.74, 6) is -1.56. The highest BCUT2D eigenvalue weighted by molar-refractivity contribution is 5.80. The Morgan fingerprint density at radius 3 is 2.44 bits per heavy atom. The van der Waals surface area contributed by atoms with E-state index in [-0.39, 0.29) is 13.2 Å². The molecular weight excluding hydrogens is 356 g/mol. The van der Waals surface area contributed by atoms with E-state index in [1.54, 1.807) is 32.9 Å². The van der Waals surface area contributed by atoms with Gasteiger partial charge in [-0.15, -0.1) is 0 Å². The van der Waals surface area contributed by atoms with Gasteiger partial charge in [0.2, 0.25) is 0 Å². The quantitative estimate of drug-likeness (QED) is 0.601. The summed E-state index contributed by atoms with van der Waals surface area (Å²) in [5, 5.41) is 2.55. The zero-order chi connectivity index (χ0) is 20.0. The highest BCUT2D eigenvalue weighted by atomic mass is 19.2. The van der Waals surface area contributed by atoms with Gasteiger partial charge in [0, 0.05) is 5.56 Å². The molecule has 27 heavy (non-hydrogen) atoms. The van der Waals surface area contributed by atoms with Crippen LogP contribution in [0.4, 0.5) is 13.6 Å². The molecule has 0 aromatic heterocycles. The second-order valence-electron chi connectivity index (χ2n) is 6.81. The summed E-state index contributed by atoms with van der Waals surface area (Å²) in [6.45, 7) is 5.61. The number of amides is 1. The molecule has 0 saturated heterocycles. The molecule has 0 aliphatic carbocycles. The Balaban J connectivity index is 2.04. The molecule has 0 spiro atoms. The first kappa shape index (κ1) is 20.4. The Hall–Kier alpha value is -2.96. The van der Waals surface area contributed by atoms with Crippen molar-refractivity contribution in [1.82, 2.24) is 5.32 Å². The zero-order valence-electron chi connectivity index (χ0n) is 15.3. The normalized spacial score (nSPS) is 11.0. The predicted octanol–water partition coefficient (Wildman–Crippen LogP) is 4.35. The van der Waals surface area contributed by atoms with Crippen LogP contribution in [0.5, 0.6) is 5.75 Å². The van der Waals surface area contributed by atoms with Crippen molar-refractivity contribution in [2.45, 2.75) is 26.4 Å². The lowest BCUT2D eigenvalue weighted by molar-refractivity contribution is 0.0520. The molecule has 0 aliphatic heterocycles. The molecule has 2 rings (SSSR count). The number of carbonyl (C=O) groups excluding carboxylic acids is 2. The van der Waals surface area contributed by atoms with Gasteiger partial charge in [-0.1, -0.05) is 6.07 Å². The Morgan fingerprint density at radius 2 is 1.81 bits per heavy atom. The van der Waals surface area contributed by atoms with Crippen LogP contribution in [0.2, 0.25) is 0 Å². The van der Waals surface area contributed by atoms with Crippen LogP contribution in [-0.4, -0.2) is 31.1 Å². The van der Waals surface area contributed by atoms with Crippen LogP contribution < -0.4 is 10.1 Å². The molecule has 0 bridgehead atoms. The molecule has 5 nitrogen and oxygen atoms in total. The summed E-state index contributed by atoms with van der Waals surface area (Å²) in [6, 6.07) is 8.15. The molecule has 0 unspecified atom stereocenters. The number of hydrogen-bond donors (Lipinski definition) is 1. The van der Waals surface area contributed by atoms with Gasteiger partial charge in [0.05, 0.1) is 6.54 Å². The van der Waals surface area contributed by atoms with Crippen molar-refractivity contribution in [3.63, 3.8) is 0 Å². The van der Waals surface area contributed by atoms with Crippen LogP contribution in [0, 0.1) is 11.6 Å². The van der Waals surface area contributed by atoms with E-state index in [0.717, 1.165) is 12.1 Å². The maximum atomic E-state index is 13.5. The number of aldehydes is 1. The van der Waals surface area contributed by atoms with Crippen molar-refractivity contribution in [2.75, 3.05) is 13.2 Å². The average molecular weight is 377 g/mol. The minimum absolute atomic E-state index is 0.138. The predicted molar refractivity (Wildman–Crippen MR) is 96.9 cm³/mol. The first-order valence-electron chi connectivity index (χ1n) is 8.33. The van der Waals surface area contributed by atoms with Crippen LogP contribution in [-0.2, 0) is 4.74 Å². The lowest BCUT2D eigenvalue weighted by Crippen LogP contribution is -2.34. The van der Waals surface area contributed by atoms with Crippen molar-refractivity contribution in [1.29, 1.82) is 0 Å². The van der Waals surface area contributed by atoms with Gasteiger partial charge in [-0.05, 0) is 62.2 Å². The Labute approximate surface area is 156 Å². The third-order valence-corrected chi connectivity index (χ3v) is 3.36. The zero-order valence-corrected chi connectivity index (χ0v) is 15.3. The minimum Gasteiger partial charge on any atom is -0.492 e. The number of rotatable bonds is 6. The second-order valence-corrected chi connectivity index (χ2v) is 6.81. The summed E-state index contributed by atoms with van der Waals surface area (Å²) in [5.41, 5.74) is 0.651. The number of benzene rings is 2. The van der Waals surface area contributed by atoms with Gasteiger partial charge in [0.1, 0.15) is 24.2 Å². The van der Waals surface area contributed by atoms with Crippen molar-refractivity contribution in [3.05, 3.63) is 53.6 Å². The molecule has 1 amide bonds. The number of ether oxygens (including phenoxy) is 2. The Morgan fingerprint density at radius 1 is 1.07 bits per heavy atom. The van der Waals surface area contributed by atoms with Gasteiger partial charge in [-0.25, -0.2) is 13.6 Å². The molecular formula is C20H21F2NO4. The molecule has 0 atom stereocenters. The topological polar surface area (TPSA) is 64.6 Å². The first-order valence-corrected chi connectivity index (χ1v) is 8.33. The van der Waals surface area contributed by atoms with Gasteiger partial charge in [0.25, 0.3) is 0 Å². The first-order chi connectivity index (χ1) is 12.7. The minimum atomic E-state index is -0.979. The van der Waals surface area contributed by atoms with Crippen LogP contribution in [0.3, 0.4) is 0 Å². The number of nitrogens with one attached hydrogen (secondary N) is 1. The molecule has 0 saturated carbocycles. The molecule has 144 valence electrons. The average Bonchev–Trinajstić information content (AvgIpc) is 2.59. The van der Waals surface area contributed by atoms with E-state index in [0.29, 0.717) is 28.7 Å². The smallest absolute Gasteiger partial charge is 0.407 e. The maximum absolute atomic E-state index is 13.5. The van der Waals surface area contributed by atoms with E-state index < -0.39 is 23.3 Å². The highest BCUT2D eigenvalue weighted by Crippen LogP contribution is 2.27. The van der Waals surface area contributed by atoms with E-state index in [4.69, 9.17) is 9.47 Å². The summed E-state index contributed by atoms with van der Waals surface area (Å²) in [7, 11) is 0. The van der Waals surface area contributed by atoms with E-state index in [1.165, 1.54) is 12.1 Å². The van der Waals surface area contributed by atoms with Crippen molar-refractivity contribution in [2.24, 2.45) is 0 Å². The molecule has 2 aromatic rings. The summed E-state index contributed by atoms with van der Waals surface area (Å²) >= 11 is 0. The molecule has 0 aliphatic rings. The molecule has 1 N–H and O–H groups in total. The van der Waals surface area contributed by atoms with Gasteiger partial charge < -0.3 is 14.8 Å². The van der Waals surface area contributed by atoms with Crippen LogP contribution in [0.15, 0.2) is 36.4 Å². The monoisotopic (exact) mass is 377 g/mol. The van der Waals surface area contributed by atoms with Crippen molar-refractivity contribution < 1.29 is 27.8 Å². The van der Waals surface area contributed by atoms with Gasteiger partial charge in [-0.3, -0.25) is 4.79 Å². The van der Waals surface area contributed by atoms with E-state index in [2.05, 4.69) is 5.32 Å². The lowest BCUT2D eigenvalue weighted by atomic mass is 10.0. The van der Waals surface area contributed by atoms with Gasteiger partial charge >= 0.3 is 6.09 Å². The SMILES string of the molecule is CC(C)(C)OC(=O)NCCOc1cc(C=O)cc(-c2ccc(F)c(F)c2)c1. The van der Waals surface area contributed by atoms with E-state index in [9.17, 15) is 18.4 Å². The summed E-state index contributed by atoms with van der Waals surface area (Å²) in [6.07, 6.45) is 0.0741. The lowest BCUT2D eigenvalue weighted by Gasteiger charge is -2.19. The number of halogens is 2. The number of hydrogen-bond acceptors (Lipinski definition) is 4. The fourth-order valence-corrected chi connectivity index (χ4v) is 2.25. The summed E-state index contributed by atoms with van der Waals surface area (Å²) in [4.78, 5) is 22.7. The molecule has 0 fully saturated rings. The molecule has 0 radical (unpaired) electrons. The fourth-order valence-electron chi connectivity index (χ4n) is 2.25. The maximum Gasteiger partial charge on any atom is 0.407 e. The van der Waals surface area contributed by atoms with Crippen LogP contribution in [0.1, 0.15) is 31.1 Å². The van der Waals surface area contributed by atoms with Crippen LogP contribution >= 0.6 is 0 Å². The highest BCUT2D eigenvalue weighted by Gasteiger charge is 2.15. The molecule has 0 heterocycles. The molecule has 2 aromatic carbocycles. The molecule has 7 heteroatoms. The Bertz CT molecular complexity index is 831. The van der Waals surface area contributed by atoms with E-state index in [1.807, 2.05) is 0 Å². The Kier molecular flexibility index (Phi) is 6.50. The van der Waals surface area contributed by atoms with E-state index >= 15 is 0 Å². The largest absolute Gasteiger partial charge is 0.492 e. The van der Waals surface area contributed by atoms with Crippen LogP contribution in [0.25, 0.3) is 11.1 Å². The van der Waals surface area contributed by atoms with Crippen molar-refractivity contribution >= 4 is 12.4 Å². The summed E-state index contributed by atoms with van der Waals surface area (Å²) < 4.78 is 37.2. The fraction of sp³-hybridized carbons (Fsp3) is 0.300. The van der Waals surface area contributed by atoms with Gasteiger partial charge in [0.15, 0.2) is 11.6 Å². The van der Waals surface area contributed by atoms with Crippen molar-refractivity contribution in [3.8, 4) is 16.9 Å². The number of alkyl carbamates (subject to hydrolysis) is 1.